The highest BCUT2D eigenvalue weighted by Gasteiger charge is 2.18. The van der Waals surface area contributed by atoms with Crippen LogP contribution in [0.1, 0.15) is 18.7 Å². The summed E-state index contributed by atoms with van der Waals surface area (Å²) in [6.07, 6.45) is 8.24. The van der Waals surface area contributed by atoms with Crippen LogP contribution >= 0.6 is 0 Å². The van der Waals surface area contributed by atoms with Crippen LogP contribution in [-0.2, 0) is 0 Å². The number of para-hydroxylation sites is 2. The van der Waals surface area contributed by atoms with Gasteiger partial charge in [-0.2, -0.15) is 0 Å². The highest BCUT2D eigenvalue weighted by molar-refractivity contribution is 6.10. The number of hydrogen-bond acceptors (Lipinski definition) is 4. The van der Waals surface area contributed by atoms with Crippen molar-refractivity contribution in [1.29, 1.82) is 0 Å². The van der Waals surface area contributed by atoms with Crippen molar-refractivity contribution in [2.45, 2.75) is 12.8 Å². The van der Waals surface area contributed by atoms with E-state index < -0.39 is 0 Å². The van der Waals surface area contributed by atoms with Gasteiger partial charge in [-0.05, 0) is 65.9 Å². The molecule has 10 rings (SSSR count). The van der Waals surface area contributed by atoms with Crippen LogP contribution in [0.4, 0.5) is 0 Å². The van der Waals surface area contributed by atoms with E-state index in [0.29, 0.717) is 17.5 Å². The summed E-state index contributed by atoms with van der Waals surface area (Å²) in [6.45, 7) is 0. The molecule has 9 aromatic rings. The molecule has 0 atom stereocenters. The van der Waals surface area contributed by atoms with E-state index in [1.54, 1.807) is 0 Å². The second-order valence-electron chi connectivity index (χ2n) is 12.8. The van der Waals surface area contributed by atoms with E-state index in [2.05, 4.69) is 156 Å². The maximum Gasteiger partial charge on any atom is 0.164 e. The Morgan fingerprint density at radius 3 is 1.78 bits per heavy atom. The zero-order valence-electron chi connectivity index (χ0n) is 27.1. The molecule has 0 N–H and O–H groups in total. The minimum atomic E-state index is 0.626. The van der Waals surface area contributed by atoms with Gasteiger partial charge in [-0.3, -0.25) is 0 Å². The Balaban J connectivity index is 1.08. The van der Waals surface area contributed by atoms with Crippen molar-refractivity contribution in [3.05, 3.63) is 164 Å². The summed E-state index contributed by atoms with van der Waals surface area (Å²) in [7, 11) is 0. The number of nitrogens with zero attached hydrogens (tertiary/aromatic N) is 4. The van der Waals surface area contributed by atoms with Crippen molar-refractivity contribution < 1.29 is 4.42 Å². The Hall–Kier alpha value is -6.59. The minimum Gasteiger partial charge on any atom is -0.456 e. The summed E-state index contributed by atoms with van der Waals surface area (Å²) < 4.78 is 8.91. The molecule has 0 fully saturated rings. The van der Waals surface area contributed by atoms with Crippen LogP contribution in [0.25, 0.3) is 88.9 Å². The molecule has 0 spiro atoms. The fourth-order valence-electron chi connectivity index (χ4n) is 7.25. The summed E-state index contributed by atoms with van der Waals surface area (Å²) in [5.74, 6) is 1.99. The first-order chi connectivity index (χ1) is 24.8. The standard InChI is InChI=1S/C45H30N4O/c1-3-11-29(12-4-1)30-19-21-32(22-20-30)44-46-43(31-13-5-2-6-14-31)47-45(48-44)33-23-25-37-38-26-24-34(28-42(38)50-41(37)27-33)49-39-17-9-7-15-35(39)36-16-8-10-18-40(36)49/h1-5,7-13,15-28H,6,14H2. The first kappa shape index (κ1) is 28.4. The average molecular weight is 643 g/mol. The summed E-state index contributed by atoms with van der Waals surface area (Å²) in [4.78, 5) is 15.0. The molecule has 3 heterocycles. The second-order valence-corrected chi connectivity index (χ2v) is 12.8. The topological polar surface area (TPSA) is 56.7 Å². The van der Waals surface area contributed by atoms with Gasteiger partial charge in [0.15, 0.2) is 17.5 Å². The van der Waals surface area contributed by atoms with Crippen molar-refractivity contribution >= 4 is 49.3 Å². The molecule has 5 heteroatoms. The lowest BCUT2D eigenvalue weighted by atomic mass is 10.0. The Kier molecular flexibility index (Phi) is 6.56. The van der Waals surface area contributed by atoms with Gasteiger partial charge >= 0.3 is 0 Å². The molecule has 236 valence electrons. The third kappa shape index (κ3) is 4.74. The highest BCUT2D eigenvalue weighted by atomic mass is 16.3. The van der Waals surface area contributed by atoms with Crippen LogP contribution in [0, 0.1) is 0 Å². The van der Waals surface area contributed by atoms with Gasteiger partial charge in [0.1, 0.15) is 11.2 Å². The van der Waals surface area contributed by atoms with Crippen molar-refractivity contribution in [2.75, 3.05) is 0 Å². The van der Waals surface area contributed by atoms with E-state index in [1.165, 1.54) is 27.4 Å². The van der Waals surface area contributed by atoms with Gasteiger partial charge in [-0.25, -0.2) is 15.0 Å². The van der Waals surface area contributed by atoms with Crippen molar-refractivity contribution in [2.24, 2.45) is 0 Å². The summed E-state index contributed by atoms with van der Waals surface area (Å²) in [6, 6.07) is 48.7. The Morgan fingerprint density at radius 1 is 0.480 bits per heavy atom. The van der Waals surface area contributed by atoms with Gasteiger partial charge in [0.25, 0.3) is 0 Å². The van der Waals surface area contributed by atoms with Gasteiger partial charge in [0.05, 0.1) is 11.0 Å². The van der Waals surface area contributed by atoms with Crippen LogP contribution in [0.15, 0.2) is 162 Å². The third-order valence-electron chi connectivity index (χ3n) is 9.74. The van der Waals surface area contributed by atoms with E-state index in [9.17, 15) is 0 Å². The molecular weight excluding hydrogens is 613 g/mol. The zero-order chi connectivity index (χ0) is 33.0. The fourth-order valence-corrected chi connectivity index (χ4v) is 7.25. The summed E-state index contributed by atoms with van der Waals surface area (Å²) >= 11 is 0. The van der Waals surface area contributed by atoms with Crippen LogP contribution in [0.5, 0.6) is 0 Å². The molecule has 6 aromatic carbocycles. The normalized spacial score (nSPS) is 13.1. The van der Waals surface area contributed by atoms with E-state index in [0.717, 1.165) is 62.7 Å². The Bertz CT molecular complexity index is 2750. The number of allylic oxidation sites excluding steroid dienone is 4. The summed E-state index contributed by atoms with van der Waals surface area (Å²) in [5, 5.41) is 4.61. The molecule has 0 unspecified atom stereocenters. The lowest BCUT2D eigenvalue weighted by molar-refractivity contribution is 0.668. The Morgan fingerprint density at radius 2 is 1.06 bits per heavy atom. The molecule has 5 nitrogen and oxygen atoms in total. The van der Waals surface area contributed by atoms with Gasteiger partial charge in [0.2, 0.25) is 0 Å². The largest absolute Gasteiger partial charge is 0.456 e. The molecule has 0 amide bonds. The molecule has 0 bridgehead atoms. The number of rotatable bonds is 5. The summed E-state index contributed by atoms with van der Waals surface area (Å²) in [5.41, 5.74) is 10.3. The zero-order valence-corrected chi connectivity index (χ0v) is 27.1. The number of furan rings is 1. The lowest BCUT2D eigenvalue weighted by Crippen LogP contribution is -2.03. The molecule has 50 heavy (non-hydrogen) atoms. The van der Waals surface area contributed by atoms with Crippen molar-refractivity contribution in [3.8, 4) is 39.6 Å². The highest BCUT2D eigenvalue weighted by Crippen LogP contribution is 2.37. The van der Waals surface area contributed by atoms with Gasteiger partial charge in [-0.15, -0.1) is 0 Å². The van der Waals surface area contributed by atoms with E-state index in [4.69, 9.17) is 19.4 Å². The van der Waals surface area contributed by atoms with Crippen LogP contribution < -0.4 is 0 Å². The first-order valence-electron chi connectivity index (χ1n) is 17.0. The van der Waals surface area contributed by atoms with Crippen molar-refractivity contribution in [1.82, 2.24) is 19.5 Å². The van der Waals surface area contributed by atoms with E-state index in [1.807, 2.05) is 6.07 Å². The van der Waals surface area contributed by atoms with Crippen LogP contribution in [0.2, 0.25) is 0 Å². The minimum absolute atomic E-state index is 0.626. The lowest BCUT2D eigenvalue weighted by Gasteiger charge is -2.12. The monoisotopic (exact) mass is 642 g/mol. The maximum absolute atomic E-state index is 6.59. The number of aromatic nitrogens is 4. The van der Waals surface area contributed by atoms with Gasteiger partial charge in [-0.1, -0.05) is 115 Å². The van der Waals surface area contributed by atoms with Crippen LogP contribution in [-0.4, -0.2) is 19.5 Å². The average Bonchev–Trinajstić information content (AvgIpc) is 3.73. The second kappa shape index (κ2) is 11.5. The van der Waals surface area contributed by atoms with E-state index in [-0.39, 0.29) is 0 Å². The molecule has 1 aliphatic carbocycles. The number of hydrogen-bond donors (Lipinski definition) is 0. The van der Waals surface area contributed by atoms with Gasteiger partial charge < -0.3 is 8.98 Å². The first-order valence-corrected chi connectivity index (χ1v) is 17.0. The smallest absolute Gasteiger partial charge is 0.164 e. The molecule has 3 aromatic heterocycles. The maximum atomic E-state index is 6.59. The molecule has 0 saturated carbocycles. The molecule has 0 aliphatic heterocycles. The molecule has 0 saturated heterocycles. The molecule has 1 aliphatic rings. The predicted octanol–water partition coefficient (Wildman–Crippen LogP) is 11.6. The SMILES string of the molecule is C1=CCCC(c2nc(-c3ccc(-c4ccccc4)cc3)nc(-c3ccc4c(c3)oc3cc(-n5c6ccccc6c6ccccc65)ccc34)n2)=C1. The van der Waals surface area contributed by atoms with E-state index >= 15 is 0 Å². The number of fused-ring (bicyclic) bond motifs is 6. The third-order valence-corrected chi connectivity index (χ3v) is 9.74. The Labute approximate surface area is 288 Å². The molecular formula is C45H30N4O. The predicted molar refractivity (Wildman–Crippen MR) is 204 cm³/mol. The number of benzene rings is 6. The van der Waals surface area contributed by atoms with Crippen LogP contribution in [0.3, 0.4) is 0 Å². The van der Waals surface area contributed by atoms with Crippen molar-refractivity contribution in [3.63, 3.8) is 0 Å². The fraction of sp³-hybridized carbons (Fsp3) is 0.0444. The quantitative estimate of drug-likeness (QED) is 0.187. The molecule has 0 radical (unpaired) electrons. The van der Waals surface area contributed by atoms with Gasteiger partial charge in [0, 0.05) is 44.4 Å².